The van der Waals surface area contributed by atoms with E-state index in [4.69, 9.17) is 5.73 Å². The molecule has 2 amide bonds. The maximum Gasteiger partial charge on any atom is 0.253 e. The number of benzene rings is 1. The molecule has 0 aromatic heterocycles. The molecule has 0 bridgehead atoms. The summed E-state index contributed by atoms with van der Waals surface area (Å²) >= 11 is 0. The van der Waals surface area contributed by atoms with Crippen LogP contribution in [0, 0.1) is 0 Å². The summed E-state index contributed by atoms with van der Waals surface area (Å²) < 4.78 is 0. The van der Waals surface area contributed by atoms with E-state index in [0.717, 1.165) is 19.3 Å². The SMILES string of the molecule is CCC[C@H](N)C(=O)Nc1ccccc1C(=O)NC1CC1. The van der Waals surface area contributed by atoms with Crippen molar-refractivity contribution in [2.75, 3.05) is 5.32 Å². The maximum atomic E-state index is 12.1. The van der Waals surface area contributed by atoms with Gasteiger partial charge in [0.1, 0.15) is 0 Å². The molecule has 0 saturated heterocycles. The van der Waals surface area contributed by atoms with E-state index in [1.54, 1.807) is 24.3 Å². The van der Waals surface area contributed by atoms with Gasteiger partial charge in [0.05, 0.1) is 17.3 Å². The van der Waals surface area contributed by atoms with Crippen molar-refractivity contribution in [3.8, 4) is 0 Å². The Labute approximate surface area is 118 Å². The molecular formula is C15H21N3O2. The van der Waals surface area contributed by atoms with E-state index >= 15 is 0 Å². The van der Waals surface area contributed by atoms with Gasteiger partial charge in [0.25, 0.3) is 5.91 Å². The van der Waals surface area contributed by atoms with Crippen molar-refractivity contribution in [3.63, 3.8) is 0 Å². The van der Waals surface area contributed by atoms with Crippen LogP contribution in [0.5, 0.6) is 0 Å². The van der Waals surface area contributed by atoms with Gasteiger partial charge >= 0.3 is 0 Å². The van der Waals surface area contributed by atoms with Gasteiger partial charge in [-0.3, -0.25) is 9.59 Å². The van der Waals surface area contributed by atoms with Crippen LogP contribution in [0.25, 0.3) is 0 Å². The van der Waals surface area contributed by atoms with Crippen molar-refractivity contribution in [3.05, 3.63) is 29.8 Å². The van der Waals surface area contributed by atoms with Gasteiger partial charge in [-0.25, -0.2) is 0 Å². The first-order valence-corrected chi connectivity index (χ1v) is 7.08. The van der Waals surface area contributed by atoms with Crippen LogP contribution >= 0.6 is 0 Å². The Morgan fingerprint density at radius 2 is 2.05 bits per heavy atom. The highest BCUT2D eigenvalue weighted by Gasteiger charge is 2.25. The monoisotopic (exact) mass is 275 g/mol. The van der Waals surface area contributed by atoms with Crippen LogP contribution in [0.15, 0.2) is 24.3 Å². The van der Waals surface area contributed by atoms with Gasteiger partial charge in [-0.1, -0.05) is 25.5 Å². The first-order chi connectivity index (χ1) is 9.61. The highest BCUT2D eigenvalue weighted by atomic mass is 16.2. The molecule has 2 rings (SSSR count). The van der Waals surface area contributed by atoms with Crippen molar-refractivity contribution < 1.29 is 9.59 Å². The molecule has 1 saturated carbocycles. The number of anilines is 1. The average molecular weight is 275 g/mol. The second-order valence-electron chi connectivity index (χ2n) is 5.18. The van der Waals surface area contributed by atoms with E-state index < -0.39 is 6.04 Å². The maximum absolute atomic E-state index is 12.1. The third-order valence-electron chi connectivity index (χ3n) is 3.28. The zero-order chi connectivity index (χ0) is 14.5. The Hall–Kier alpha value is -1.88. The highest BCUT2D eigenvalue weighted by Crippen LogP contribution is 2.21. The lowest BCUT2D eigenvalue weighted by Crippen LogP contribution is -2.36. The summed E-state index contributed by atoms with van der Waals surface area (Å²) in [6.45, 7) is 1.98. The van der Waals surface area contributed by atoms with Gasteiger partial charge in [-0.15, -0.1) is 0 Å². The normalized spacial score (nSPS) is 15.5. The number of carbonyl (C=O) groups excluding carboxylic acids is 2. The molecule has 5 nitrogen and oxygen atoms in total. The first-order valence-electron chi connectivity index (χ1n) is 7.08. The molecule has 0 heterocycles. The van der Waals surface area contributed by atoms with Gasteiger partial charge in [-0.05, 0) is 31.4 Å². The zero-order valence-electron chi connectivity index (χ0n) is 11.7. The summed E-state index contributed by atoms with van der Waals surface area (Å²) in [5.41, 5.74) is 6.78. The highest BCUT2D eigenvalue weighted by molar-refractivity contribution is 6.04. The molecule has 1 aliphatic rings. The summed E-state index contributed by atoms with van der Waals surface area (Å²) in [6.07, 6.45) is 3.53. The number of nitrogens with two attached hydrogens (primary N) is 1. The topological polar surface area (TPSA) is 84.2 Å². The van der Waals surface area contributed by atoms with Crippen molar-refractivity contribution in [1.82, 2.24) is 5.32 Å². The first kappa shape index (κ1) is 14.5. The quantitative estimate of drug-likeness (QED) is 0.738. The van der Waals surface area contributed by atoms with Crippen molar-refractivity contribution in [2.24, 2.45) is 5.73 Å². The molecule has 4 N–H and O–H groups in total. The number of nitrogens with one attached hydrogen (secondary N) is 2. The summed E-state index contributed by atoms with van der Waals surface area (Å²) in [4.78, 5) is 24.0. The third kappa shape index (κ3) is 3.81. The molecule has 108 valence electrons. The van der Waals surface area contributed by atoms with Gasteiger partial charge in [0, 0.05) is 6.04 Å². The van der Waals surface area contributed by atoms with Crippen molar-refractivity contribution >= 4 is 17.5 Å². The average Bonchev–Trinajstić information content (AvgIpc) is 3.23. The van der Waals surface area contributed by atoms with Crippen LogP contribution in [-0.4, -0.2) is 23.9 Å². The lowest BCUT2D eigenvalue weighted by atomic mass is 10.1. The summed E-state index contributed by atoms with van der Waals surface area (Å²) in [5.74, 6) is -0.397. The van der Waals surface area contributed by atoms with Gasteiger partial charge in [-0.2, -0.15) is 0 Å². The second kappa shape index (κ2) is 6.52. The second-order valence-corrected chi connectivity index (χ2v) is 5.18. The largest absolute Gasteiger partial charge is 0.349 e. The van der Waals surface area contributed by atoms with Crippen molar-refractivity contribution in [2.45, 2.75) is 44.7 Å². The molecule has 1 aromatic carbocycles. The number of carbonyl (C=O) groups is 2. The van der Waals surface area contributed by atoms with Gasteiger partial charge < -0.3 is 16.4 Å². The van der Waals surface area contributed by atoms with Gasteiger partial charge in [0.2, 0.25) is 5.91 Å². The predicted molar refractivity (Wildman–Crippen MR) is 78.4 cm³/mol. The molecule has 0 aliphatic heterocycles. The molecule has 0 unspecified atom stereocenters. The molecule has 1 aliphatic carbocycles. The molecule has 0 radical (unpaired) electrons. The van der Waals surface area contributed by atoms with Crippen LogP contribution in [0.2, 0.25) is 0 Å². The molecule has 5 heteroatoms. The fourth-order valence-electron chi connectivity index (χ4n) is 1.95. The van der Waals surface area contributed by atoms with Crippen LogP contribution in [-0.2, 0) is 4.79 Å². The lowest BCUT2D eigenvalue weighted by molar-refractivity contribution is -0.117. The van der Waals surface area contributed by atoms with E-state index in [1.165, 1.54) is 0 Å². The third-order valence-corrected chi connectivity index (χ3v) is 3.28. The van der Waals surface area contributed by atoms with E-state index in [2.05, 4.69) is 10.6 Å². The Morgan fingerprint density at radius 1 is 1.35 bits per heavy atom. The number of rotatable bonds is 6. The van der Waals surface area contributed by atoms with E-state index in [-0.39, 0.29) is 17.9 Å². The Kier molecular flexibility index (Phi) is 4.74. The number of hydrogen-bond acceptors (Lipinski definition) is 3. The number of para-hydroxylation sites is 1. The van der Waals surface area contributed by atoms with Crippen LogP contribution in [0.1, 0.15) is 43.0 Å². The molecular weight excluding hydrogens is 254 g/mol. The smallest absolute Gasteiger partial charge is 0.253 e. The van der Waals surface area contributed by atoms with E-state index in [9.17, 15) is 9.59 Å². The minimum atomic E-state index is -0.542. The molecule has 20 heavy (non-hydrogen) atoms. The summed E-state index contributed by atoms with van der Waals surface area (Å²) in [5, 5.41) is 5.66. The van der Waals surface area contributed by atoms with Gasteiger partial charge in [0.15, 0.2) is 0 Å². The van der Waals surface area contributed by atoms with Crippen LogP contribution in [0.4, 0.5) is 5.69 Å². The number of amides is 2. The minimum Gasteiger partial charge on any atom is -0.349 e. The standard InChI is InChI=1S/C15H21N3O2/c1-2-5-12(16)15(20)18-13-7-4-3-6-11(13)14(19)17-10-8-9-10/h3-4,6-7,10,12H,2,5,8-9,16H2,1H3,(H,17,19)(H,18,20)/t12-/m0/s1. The Balaban J connectivity index is 2.06. The van der Waals surface area contributed by atoms with Crippen LogP contribution < -0.4 is 16.4 Å². The molecule has 0 spiro atoms. The summed E-state index contributed by atoms with van der Waals surface area (Å²) in [7, 11) is 0. The predicted octanol–water partition coefficient (Wildman–Crippen LogP) is 1.64. The van der Waals surface area contributed by atoms with Crippen molar-refractivity contribution in [1.29, 1.82) is 0 Å². The Morgan fingerprint density at radius 3 is 2.70 bits per heavy atom. The molecule has 1 aromatic rings. The fraction of sp³-hybridized carbons (Fsp3) is 0.467. The molecule has 1 fully saturated rings. The fourth-order valence-corrected chi connectivity index (χ4v) is 1.95. The van der Waals surface area contributed by atoms with E-state index in [0.29, 0.717) is 17.7 Å². The number of hydrogen-bond donors (Lipinski definition) is 3. The lowest BCUT2D eigenvalue weighted by Gasteiger charge is -2.14. The minimum absolute atomic E-state index is 0.146. The zero-order valence-corrected chi connectivity index (χ0v) is 11.7. The van der Waals surface area contributed by atoms with E-state index in [1.807, 2.05) is 6.92 Å². The summed E-state index contributed by atoms with van der Waals surface area (Å²) in [6, 6.07) is 6.74. The Bertz CT molecular complexity index is 498. The van der Waals surface area contributed by atoms with Crippen LogP contribution in [0.3, 0.4) is 0 Å². The molecule has 1 atom stereocenters.